The first kappa shape index (κ1) is 30.2. The highest BCUT2D eigenvalue weighted by Gasteiger charge is 2.50. The molecular formula is C29H42N2O5SSi. The Morgan fingerprint density at radius 3 is 2.32 bits per heavy atom. The Balaban J connectivity index is 1.74. The van der Waals surface area contributed by atoms with Crippen LogP contribution in [0.3, 0.4) is 0 Å². The van der Waals surface area contributed by atoms with E-state index in [9.17, 15) is 18.0 Å². The third-order valence-corrected chi connectivity index (χ3v) is 14.1. The summed E-state index contributed by atoms with van der Waals surface area (Å²) >= 11 is 0. The van der Waals surface area contributed by atoms with Gasteiger partial charge in [-0.1, -0.05) is 64.1 Å². The van der Waals surface area contributed by atoms with Gasteiger partial charge in [-0.15, -0.1) is 0 Å². The van der Waals surface area contributed by atoms with Crippen LogP contribution in [0.5, 0.6) is 0 Å². The number of rotatable bonds is 11. The molecule has 7 nitrogen and oxygen atoms in total. The minimum absolute atomic E-state index is 0.00338. The van der Waals surface area contributed by atoms with Gasteiger partial charge in [-0.25, -0.2) is 13.1 Å². The lowest BCUT2D eigenvalue weighted by Gasteiger charge is -2.47. The van der Waals surface area contributed by atoms with Crippen molar-refractivity contribution in [2.75, 3.05) is 6.54 Å². The van der Waals surface area contributed by atoms with E-state index in [1.54, 1.807) is 19.9 Å². The van der Waals surface area contributed by atoms with E-state index >= 15 is 0 Å². The topological polar surface area (TPSA) is 102 Å². The summed E-state index contributed by atoms with van der Waals surface area (Å²) in [4.78, 5) is 26.2. The summed E-state index contributed by atoms with van der Waals surface area (Å²) in [5.41, 5.74) is 2.08. The number of β-lactam (4-membered cyclic amide) rings is 1. The minimum atomic E-state index is -3.80. The number of ketones is 1. The second-order valence-corrected chi connectivity index (χ2v) is 18.4. The fourth-order valence-electron chi connectivity index (χ4n) is 4.57. The van der Waals surface area contributed by atoms with Crippen LogP contribution in [-0.4, -0.2) is 47.1 Å². The number of sulfonamides is 1. The molecule has 2 N–H and O–H groups in total. The van der Waals surface area contributed by atoms with Gasteiger partial charge in [-0.2, -0.15) is 0 Å². The standard InChI is InChI=1S/C29H42N2O5SSi/c1-19-14-15-23(37(34,35)30-17-16-22-12-10-9-11-13-22)18-24(19)27(32)20(2)26-25(28(33)31-26)21(3)36-38(7,8)29(4,5)6/h9-15,18,20-21,25-26,30H,16-17H2,1-8H3,(H,31,33)/t20-,21-,25-,26-/m1/s1. The third kappa shape index (κ3) is 6.62. The molecule has 0 aliphatic carbocycles. The van der Waals surface area contributed by atoms with Gasteiger partial charge in [0, 0.05) is 18.0 Å². The fourth-order valence-corrected chi connectivity index (χ4v) is 7.06. The van der Waals surface area contributed by atoms with Gasteiger partial charge < -0.3 is 9.74 Å². The molecule has 0 saturated carbocycles. The Kier molecular flexibility index (Phi) is 9.08. The van der Waals surface area contributed by atoms with Gasteiger partial charge in [-0.05, 0) is 61.7 Å². The van der Waals surface area contributed by atoms with Crippen molar-refractivity contribution >= 4 is 30.0 Å². The van der Waals surface area contributed by atoms with Crippen molar-refractivity contribution in [2.24, 2.45) is 11.8 Å². The Labute approximate surface area is 228 Å². The lowest BCUT2D eigenvalue weighted by molar-refractivity contribution is -0.141. The summed E-state index contributed by atoms with van der Waals surface area (Å²) < 4.78 is 35.1. The molecule has 208 valence electrons. The maximum atomic E-state index is 13.6. The quantitative estimate of drug-likeness (QED) is 0.233. The first-order chi connectivity index (χ1) is 17.5. The molecule has 1 aliphatic heterocycles. The summed E-state index contributed by atoms with van der Waals surface area (Å²) in [6.45, 7) is 16.5. The number of carbonyl (C=O) groups excluding carboxylic acids is 2. The normalized spacial score (nSPS) is 19.8. The van der Waals surface area contributed by atoms with Crippen LogP contribution in [-0.2, 0) is 25.7 Å². The van der Waals surface area contributed by atoms with Crippen LogP contribution in [0.2, 0.25) is 18.1 Å². The summed E-state index contributed by atoms with van der Waals surface area (Å²) in [6.07, 6.45) is 0.235. The summed E-state index contributed by atoms with van der Waals surface area (Å²) in [5, 5.41) is 2.90. The highest BCUT2D eigenvalue weighted by molar-refractivity contribution is 7.89. The lowest BCUT2D eigenvalue weighted by Crippen LogP contribution is -2.66. The lowest BCUT2D eigenvalue weighted by atomic mass is 9.76. The van der Waals surface area contributed by atoms with E-state index in [1.807, 2.05) is 37.3 Å². The van der Waals surface area contributed by atoms with Crippen molar-refractivity contribution in [1.82, 2.24) is 10.0 Å². The molecule has 1 heterocycles. The van der Waals surface area contributed by atoms with Gasteiger partial charge >= 0.3 is 0 Å². The van der Waals surface area contributed by atoms with Crippen molar-refractivity contribution in [2.45, 2.75) is 83.1 Å². The molecule has 0 radical (unpaired) electrons. The maximum absolute atomic E-state index is 13.6. The number of Topliss-reactive ketones (excluding diaryl/α,β-unsaturated/α-hetero) is 1. The van der Waals surface area contributed by atoms with E-state index in [1.165, 1.54) is 12.1 Å². The molecule has 4 atom stereocenters. The second-order valence-electron chi connectivity index (χ2n) is 11.9. The van der Waals surface area contributed by atoms with Crippen LogP contribution < -0.4 is 10.0 Å². The van der Waals surface area contributed by atoms with Crippen molar-refractivity contribution in [1.29, 1.82) is 0 Å². The van der Waals surface area contributed by atoms with E-state index in [0.29, 0.717) is 17.5 Å². The number of benzene rings is 2. The zero-order chi connectivity index (χ0) is 28.5. The first-order valence-electron chi connectivity index (χ1n) is 13.2. The van der Waals surface area contributed by atoms with E-state index < -0.39 is 30.2 Å². The van der Waals surface area contributed by atoms with Crippen LogP contribution >= 0.6 is 0 Å². The molecule has 3 rings (SSSR count). The summed E-state index contributed by atoms with van der Waals surface area (Å²) in [7, 11) is -5.90. The number of nitrogens with one attached hydrogen (secondary N) is 2. The molecule has 38 heavy (non-hydrogen) atoms. The van der Waals surface area contributed by atoms with Gasteiger partial charge in [-0.3, -0.25) is 9.59 Å². The molecule has 9 heteroatoms. The second kappa shape index (κ2) is 11.4. The van der Waals surface area contributed by atoms with Gasteiger partial charge in [0.15, 0.2) is 14.1 Å². The fraction of sp³-hybridized carbons (Fsp3) is 0.517. The molecule has 2 aromatic carbocycles. The predicted molar refractivity (Wildman–Crippen MR) is 153 cm³/mol. The monoisotopic (exact) mass is 558 g/mol. The molecule has 1 fully saturated rings. The zero-order valence-electron chi connectivity index (χ0n) is 23.8. The van der Waals surface area contributed by atoms with Crippen molar-refractivity contribution < 1.29 is 22.4 Å². The van der Waals surface area contributed by atoms with Crippen LogP contribution in [0, 0.1) is 18.8 Å². The van der Waals surface area contributed by atoms with E-state index in [-0.39, 0.29) is 40.3 Å². The molecule has 1 amide bonds. The van der Waals surface area contributed by atoms with Crippen molar-refractivity contribution in [3.05, 3.63) is 65.2 Å². The molecule has 2 aromatic rings. The van der Waals surface area contributed by atoms with Crippen LogP contribution in [0.15, 0.2) is 53.4 Å². The number of carbonyl (C=O) groups is 2. The van der Waals surface area contributed by atoms with Gasteiger partial charge in [0.05, 0.1) is 23.0 Å². The third-order valence-electron chi connectivity index (χ3n) is 8.08. The molecule has 0 aromatic heterocycles. The Hall–Kier alpha value is -2.33. The van der Waals surface area contributed by atoms with Gasteiger partial charge in [0.1, 0.15) is 0 Å². The molecule has 1 aliphatic rings. The van der Waals surface area contributed by atoms with Gasteiger partial charge in [0.2, 0.25) is 15.9 Å². The Morgan fingerprint density at radius 2 is 1.74 bits per heavy atom. The van der Waals surface area contributed by atoms with Crippen LogP contribution in [0.25, 0.3) is 0 Å². The molecule has 1 saturated heterocycles. The highest BCUT2D eigenvalue weighted by Crippen LogP contribution is 2.40. The number of amides is 1. The van der Waals surface area contributed by atoms with Crippen LogP contribution in [0.4, 0.5) is 0 Å². The summed E-state index contributed by atoms with van der Waals surface area (Å²) in [5.74, 6) is -1.28. The number of hydrogen-bond donors (Lipinski definition) is 2. The molecule has 0 unspecified atom stereocenters. The minimum Gasteiger partial charge on any atom is -0.413 e. The van der Waals surface area contributed by atoms with Crippen molar-refractivity contribution in [3.63, 3.8) is 0 Å². The van der Waals surface area contributed by atoms with Gasteiger partial charge in [0.25, 0.3) is 0 Å². The predicted octanol–water partition coefficient (Wildman–Crippen LogP) is 4.86. The van der Waals surface area contributed by atoms with E-state index in [4.69, 9.17) is 4.43 Å². The van der Waals surface area contributed by atoms with E-state index in [0.717, 1.165) is 5.56 Å². The SMILES string of the molecule is Cc1ccc(S(=O)(=O)NCCc2ccccc2)cc1C(=O)[C@H](C)[C@H]1NC(=O)[C@@H]1[C@@H](C)O[Si](C)(C)C(C)(C)C. The van der Waals surface area contributed by atoms with Crippen molar-refractivity contribution in [3.8, 4) is 0 Å². The molecule has 0 spiro atoms. The maximum Gasteiger partial charge on any atom is 0.240 e. The number of aryl methyl sites for hydroxylation is 1. The highest BCUT2D eigenvalue weighted by atomic mass is 32.2. The molecular weight excluding hydrogens is 516 g/mol. The number of hydrogen-bond acceptors (Lipinski definition) is 5. The largest absolute Gasteiger partial charge is 0.413 e. The molecule has 0 bridgehead atoms. The van der Waals surface area contributed by atoms with Crippen LogP contribution in [0.1, 0.15) is 56.1 Å². The smallest absolute Gasteiger partial charge is 0.240 e. The first-order valence-corrected chi connectivity index (χ1v) is 17.6. The Bertz CT molecular complexity index is 1270. The van der Waals surface area contributed by atoms with E-state index in [2.05, 4.69) is 43.9 Å². The Morgan fingerprint density at radius 1 is 1.11 bits per heavy atom. The average molecular weight is 559 g/mol. The summed E-state index contributed by atoms with van der Waals surface area (Å²) in [6, 6.07) is 13.9. The zero-order valence-corrected chi connectivity index (χ0v) is 25.6. The average Bonchev–Trinajstić information content (AvgIpc) is 2.81.